The summed E-state index contributed by atoms with van der Waals surface area (Å²) in [6, 6.07) is 13.8. The zero-order valence-electron chi connectivity index (χ0n) is 14.9. The molecule has 0 unspecified atom stereocenters. The van der Waals surface area contributed by atoms with Crippen molar-refractivity contribution in [3.8, 4) is 17.2 Å². The summed E-state index contributed by atoms with van der Waals surface area (Å²) in [5.74, 6) is 1.90. The molecular weight excluding hydrogens is 316 g/mol. The van der Waals surface area contributed by atoms with Crippen molar-refractivity contribution in [2.45, 2.75) is 25.4 Å². The summed E-state index contributed by atoms with van der Waals surface area (Å²) < 4.78 is 10.6. The number of benzene rings is 2. The minimum absolute atomic E-state index is 0.296. The molecule has 2 aromatic carbocycles. The zero-order valence-corrected chi connectivity index (χ0v) is 14.9. The number of nitrogens with zero attached hydrogens (tertiary/aromatic N) is 1. The minimum atomic E-state index is 0.296. The van der Waals surface area contributed by atoms with Crippen LogP contribution in [0, 0.1) is 0 Å². The van der Waals surface area contributed by atoms with E-state index in [-0.39, 0.29) is 0 Å². The molecule has 0 saturated carbocycles. The van der Waals surface area contributed by atoms with Crippen LogP contribution in [0.3, 0.4) is 0 Å². The largest absolute Gasteiger partial charge is 0.507 e. The van der Waals surface area contributed by atoms with Crippen LogP contribution in [0.25, 0.3) is 0 Å². The van der Waals surface area contributed by atoms with Gasteiger partial charge in [-0.05, 0) is 55.8 Å². The van der Waals surface area contributed by atoms with E-state index in [1.807, 2.05) is 36.4 Å². The predicted octanol–water partition coefficient (Wildman–Crippen LogP) is 3.49. The molecular formula is C20H26N2O3. The number of anilines is 1. The van der Waals surface area contributed by atoms with Crippen molar-refractivity contribution in [3.05, 3.63) is 48.0 Å². The molecule has 1 heterocycles. The van der Waals surface area contributed by atoms with Crippen molar-refractivity contribution in [1.29, 1.82) is 0 Å². The van der Waals surface area contributed by atoms with Crippen LogP contribution < -0.4 is 14.8 Å². The van der Waals surface area contributed by atoms with Gasteiger partial charge in [0.1, 0.15) is 17.2 Å². The molecule has 134 valence electrons. The van der Waals surface area contributed by atoms with Crippen molar-refractivity contribution in [3.63, 3.8) is 0 Å². The fourth-order valence-electron chi connectivity index (χ4n) is 3.37. The maximum absolute atomic E-state index is 10.2. The van der Waals surface area contributed by atoms with E-state index in [0.29, 0.717) is 18.3 Å². The van der Waals surface area contributed by atoms with Gasteiger partial charge in [-0.1, -0.05) is 6.07 Å². The second-order valence-corrected chi connectivity index (χ2v) is 6.41. The van der Waals surface area contributed by atoms with Crippen molar-refractivity contribution >= 4 is 5.69 Å². The maximum Gasteiger partial charge on any atom is 0.127 e. The molecule has 1 saturated heterocycles. The van der Waals surface area contributed by atoms with Crippen LogP contribution >= 0.6 is 0 Å². The highest BCUT2D eigenvalue weighted by atomic mass is 16.5. The van der Waals surface area contributed by atoms with Gasteiger partial charge >= 0.3 is 0 Å². The standard InChI is InChI=1S/C20H26N2O3/c1-24-17-10-8-15(9-11-17)21-16-5-4-12-22(13-16)14-18-19(23)6-3-7-20(18)25-2/h3,6-11,16,21,23H,4-5,12-14H2,1-2H3/t16-/m1/s1. The summed E-state index contributed by atoms with van der Waals surface area (Å²) in [5, 5.41) is 13.8. The van der Waals surface area contributed by atoms with Gasteiger partial charge in [0.05, 0.1) is 14.2 Å². The molecule has 1 aliphatic heterocycles. The number of nitrogens with one attached hydrogen (secondary N) is 1. The summed E-state index contributed by atoms with van der Waals surface area (Å²) in [7, 11) is 3.32. The van der Waals surface area contributed by atoms with Gasteiger partial charge in [0.2, 0.25) is 0 Å². The van der Waals surface area contributed by atoms with Gasteiger partial charge in [-0.3, -0.25) is 4.90 Å². The minimum Gasteiger partial charge on any atom is -0.507 e. The Morgan fingerprint density at radius 3 is 2.64 bits per heavy atom. The first-order valence-corrected chi connectivity index (χ1v) is 8.67. The number of phenols is 1. The molecule has 2 N–H and O–H groups in total. The predicted molar refractivity (Wildman–Crippen MR) is 99.6 cm³/mol. The molecule has 5 nitrogen and oxygen atoms in total. The fraction of sp³-hybridized carbons (Fsp3) is 0.400. The first-order chi connectivity index (χ1) is 12.2. The van der Waals surface area contributed by atoms with E-state index in [0.717, 1.165) is 48.7 Å². The van der Waals surface area contributed by atoms with E-state index in [2.05, 4.69) is 10.2 Å². The highest BCUT2D eigenvalue weighted by Crippen LogP contribution is 2.30. The zero-order chi connectivity index (χ0) is 17.6. The monoisotopic (exact) mass is 342 g/mol. The lowest BCUT2D eigenvalue weighted by Crippen LogP contribution is -2.41. The summed E-state index contributed by atoms with van der Waals surface area (Å²) in [5.41, 5.74) is 1.96. The summed E-state index contributed by atoms with van der Waals surface area (Å²) >= 11 is 0. The SMILES string of the molecule is COc1ccc(N[C@@H]2CCCN(Cc3c(O)cccc3OC)C2)cc1. The molecule has 0 spiro atoms. The van der Waals surface area contributed by atoms with Gasteiger partial charge in [-0.2, -0.15) is 0 Å². The Bertz CT molecular complexity index is 688. The highest BCUT2D eigenvalue weighted by molar-refractivity contribution is 5.47. The Hall–Kier alpha value is -2.40. The van der Waals surface area contributed by atoms with E-state index in [1.165, 1.54) is 0 Å². The van der Waals surface area contributed by atoms with Crippen LogP contribution in [0.1, 0.15) is 18.4 Å². The molecule has 1 aliphatic rings. The third-order valence-corrected chi connectivity index (χ3v) is 4.68. The van der Waals surface area contributed by atoms with Gasteiger partial charge in [-0.25, -0.2) is 0 Å². The topological polar surface area (TPSA) is 54.0 Å². The van der Waals surface area contributed by atoms with Gasteiger partial charge in [0, 0.05) is 30.4 Å². The number of rotatable bonds is 6. The molecule has 5 heteroatoms. The number of hydrogen-bond acceptors (Lipinski definition) is 5. The van der Waals surface area contributed by atoms with E-state index >= 15 is 0 Å². The third kappa shape index (κ3) is 4.37. The highest BCUT2D eigenvalue weighted by Gasteiger charge is 2.22. The molecule has 3 rings (SSSR count). The maximum atomic E-state index is 10.2. The second kappa shape index (κ2) is 8.12. The van der Waals surface area contributed by atoms with E-state index < -0.39 is 0 Å². The fourth-order valence-corrected chi connectivity index (χ4v) is 3.37. The van der Waals surface area contributed by atoms with Crippen molar-refractivity contribution in [1.82, 2.24) is 4.90 Å². The number of ether oxygens (including phenoxy) is 2. The number of phenolic OH excluding ortho intramolecular Hbond substituents is 1. The van der Waals surface area contributed by atoms with E-state index in [1.54, 1.807) is 20.3 Å². The Labute approximate surface area is 149 Å². The normalized spacial score (nSPS) is 17.9. The summed E-state index contributed by atoms with van der Waals surface area (Å²) in [6.07, 6.45) is 2.27. The van der Waals surface area contributed by atoms with Crippen LogP contribution in [0.4, 0.5) is 5.69 Å². The lowest BCUT2D eigenvalue weighted by Gasteiger charge is -2.34. The smallest absolute Gasteiger partial charge is 0.127 e. The Morgan fingerprint density at radius 1 is 1.12 bits per heavy atom. The molecule has 0 amide bonds. The van der Waals surface area contributed by atoms with Crippen LogP contribution in [0.15, 0.2) is 42.5 Å². The van der Waals surface area contributed by atoms with Gasteiger partial charge in [0.15, 0.2) is 0 Å². The average molecular weight is 342 g/mol. The average Bonchev–Trinajstić information content (AvgIpc) is 2.64. The number of likely N-dealkylation sites (tertiary alicyclic amines) is 1. The Kier molecular flexibility index (Phi) is 5.66. The molecule has 0 aliphatic carbocycles. The van der Waals surface area contributed by atoms with Crippen LogP contribution in [0.2, 0.25) is 0 Å². The van der Waals surface area contributed by atoms with Gasteiger partial charge < -0.3 is 19.9 Å². The first kappa shape index (κ1) is 17.4. The van der Waals surface area contributed by atoms with Crippen LogP contribution in [0.5, 0.6) is 17.2 Å². The van der Waals surface area contributed by atoms with Crippen LogP contribution in [-0.2, 0) is 6.54 Å². The van der Waals surface area contributed by atoms with E-state index in [4.69, 9.17) is 9.47 Å². The Balaban J connectivity index is 1.63. The van der Waals surface area contributed by atoms with Crippen molar-refractivity contribution in [2.75, 3.05) is 32.6 Å². The van der Waals surface area contributed by atoms with Crippen molar-refractivity contribution < 1.29 is 14.6 Å². The van der Waals surface area contributed by atoms with Crippen LogP contribution in [-0.4, -0.2) is 43.4 Å². The number of aromatic hydroxyl groups is 1. The number of hydrogen-bond donors (Lipinski definition) is 2. The van der Waals surface area contributed by atoms with Gasteiger partial charge in [-0.15, -0.1) is 0 Å². The lowest BCUT2D eigenvalue weighted by molar-refractivity contribution is 0.204. The number of piperidine rings is 1. The van der Waals surface area contributed by atoms with Crippen molar-refractivity contribution in [2.24, 2.45) is 0 Å². The molecule has 2 aromatic rings. The summed E-state index contributed by atoms with van der Waals surface area (Å²) in [4.78, 5) is 2.36. The Morgan fingerprint density at radius 2 is 1.92 bits per heavy atom. The molecule has 25 heavy (non-hydrogen) atoms. The second-order valence-electron chi connectivity index (χ2n) is 6.41. The first-order valence-electron chi connectivity index (χ1n) is 8.67. The molecule has 1 atom stereocenters. The number of methoxy groups -OCH3 is 2. The third-order valence-electron chi connectivity index (χ3n) is 4.68. The molecule has 0 bridgehead atoms. The molecule has 0 aromatic heterocycles. The van der Waals surface area contributed by atoms with Gasteiger partial charge in [0.25, 0.3) is 0 Å². The molecule has 1 fully saturated rings. The van der Waals surface area contributed by atoms with E-state index in [9.17, 15) is 5.11 Å². The quantitative estimate of drug-likeness (QED) is 0.842. The molecule has 0 radical (unpaired) electrons. The lowest BCUT2D eigenvalue weighted by atomic mass is 10.0. The summed E-state index contributed by atoms with van der Waals surface area (Å²) in [6.45, 7) is 2.65.